The van der Waals surface area contributed by atoms with Gasteiger partial charge in [-0.3, -0.25) is 0 Å². The van der Waals surface area contributed by atoms with E-state index in [1.807, 2.05) is 55.4 Å². The minimum atomic E-state index is -0.650. The molecule has 0 amide bonds. The number of hydrogen-bond acceptors (Lipinski definition) is 3. The fraction of sp³-hybridized carbons (Fsp3) is 0.294. The third-order valence-corrected chi connectivity index (χ3v) is 3.74. The molecule has 0 aliphatic carbocycles. The molecule has 104 valence electrons. The van der Waals surface area contributed by atoms with Gasteiger partial charge in [0.15, 0.2) is 0 Å². The summed E-state index contributed by atoms with van der Waals surface area (Å²) in [6.07, 6.45) is 0.274. The SMILES string of the molecule is CN(C)c1cccc(C(O)c2cccc3c2OCC3)c1. The molecule has 0 saturated heterocycles. The van der Waals surface area contributed by atoms with Crippen LogP contribution >= 0.6 is 0 Å². The van der Waals surface area contributed by atoms with Crippen molar-refractivity contribution in [2.75, 3.05) is 25.6 Å². The molecule has 3 rings (SSSR count). The molecule has 0 bridgehead atoms. The predicted octanol–water partition coefficient (Wildman–Crippen LogP) is 2.77. The molecule has 1 atom stereocenters. The molecule has 0 radical (unpaired) electrons. The van der Waals surface area contributed by atoms with E-state index < -0.39 is 6.10 Å². The summed E-state index contributed by atoms with van der Waals surface area (Å²) >= 11 is 0. The first-order valence-electron chi connectivity index (χ1n) is 6.87. The first-order valence-corrected chi connectivity index (χ1v) is 6.87. The number of hydrogen-bond donors (Lipinski definition) is 1. The molecule has 1 aliphatic rings. The van der Waals surface area contributed by atoms with Crippen LogP contribution in [-0.4, -0.2) is 25.8 Å². The summed E-state index contributed by atoms with van der Waals surface area (Å²) < 4.78 is 5.68. The molecular formula is C17H19NO2. The van der Waals surface area contributed by atoms with Crippen LogP contribution in [0.15, 0.2) is 42.5 Å². The Bertz CT molecular complexity index is 622. The van der Waals surface area contributed by atoms with Gasteiger partial charge < -0.3 is 14.7 Å². The van der Waals surface area contributed by atoms with Gasteiger partial charge in [-0.2, -0.15) is 0 Å². The number of nitrogens with zero attached hydrogens (tertiary/aromatic N) is 1. The summed E-state index contributed by atoms with van der Waals surface area (Å²) in [5.41, 5.74) is 4.01. The number of aliphatic hydroxyl groups excluding tert-OH is 1. The van der Waals surface area contributed by atoms with E-state index in [0.717, 1.165) is 29.0 Å². The van der Waals surface area contributed by atoms with Crippen molar-refractivity contribution in [2.24, 2.45) is 0 Å². The van der Waals surface area contributed by atoms with E-state index in [-0.39, 0.29) is 0 Å². The largest absolute Gasteiger partial charge is 0.493 e. The van der Waals surface area contributed by atoms with Crippen LogP contribution in [0.1, 0.15) is 22.8 Å². The van der Waals surface area contributed by atoms with Gasteiger partial charge in [0, 0.05) is 31.8 Å². The van der Waals surface area contributed by atoms with Crippen molar-refractivity contribution in [2.45, 2.75) is 12.5 Å². The third-order valence-electron chi connectivity index (χ3n) is 3.74. The average molecular weight is 269 g/mol. The lowest BCUT2D eigenvalue weighted by Gasteiger charge is -2.18. The van der Waals surface area contributed by atoms with Crippen LogP contribution in [0.3, 0.4) is 0 Å². The molecule has 2 aromatic carbocycles. The highest BCUT2D eigenvalue weighted by molar-refractivity contribution is 5.52. The smallest absolute Gasteiger partial charge is 0.128 e. The molecule has 0 saturated carbocycles. The molecule has 3 nitrogen and oxygen atoms in total. The van der Waals surface area contributed by atoms with Crippen molar-refractivity contribution in [1.82, 2.24) is 0 Å². The first-order chi connectivity index (χ1) is 9.66. The standard InChI is InChI=1S/C17H19NO2/c1-18(2)14-7-3-6-13(11-14)16(19)15-8-4-5-12-9-10-20-17(12)15/h3-8,11,16,19H,9-10H2,1-2H3. The Morgan fingerprint density at radius 1 is 1.15 bits per heavy atom. The first kappa shape index (κ1) is 13.0. The second-order valence-corrected chi connectivity index (χ2v) is 5.33. The Balaban J connectivity index is 1.99. The van der Waals surface area contributed by atoms with Crippen LogP contribution in [0.4, 0.5) is 5.69 Å². The van der Waals surface area contributed by atoms with Crippen molar-refractivity contribution < 1.29 is 9.84 Å². The minimum absolute atomic E-state index is 0.650. The quantitative estimate of drug-likeness (QED) is 0.930. The van der Waals surface area contributed by atoms with Gasteiger partial charge in [-0.05, 0) is 23.3 Å². The van der Waals surface area contributed by atoms with Crippen LogP contribution in [0.25, 0.3) is 0 Å². The van der Waals surface area contributed by atoms with E-state index >= 15 is 0 Å². The highest BCUT2D eigenvalue weighted by Crippen LogP contribution is 2.36. The molecule has 0 aromatic heterocycles. The van der Waals surface area contributed by atoms with E-state index in [2.05, 4.69) is 6.07 Å². The summed E-state index contributed by atoms with van der Waals surface area (Å²) in [6.45, 7) is 0.705. The second kappa shape index (κ2) is 5.17. The lowest BCUT2D eigenvalue weighted by molar-refractivity contribution is 0.214. The Kier molecular flexibility index (Phi) is 3.36. The average Bonchev–Trinajstić information content (AvgIpc) is 2.95. The molecule has 3 heteroatoms. The van der Waals surface area contributed by atoms with Gasteiger partial charge >= 0.3 is 0 Å². The Labute approximate surface area is 119 Å². The highest BCUT2D eigenvalue weighted by Gasteiger charge is 2.21. The van der Waals surface area contributed by atoms with Gasteiger partial charge in [0.25, 0.3) is 0 Å². The summed E-state index contributed by atoms with van der Waals surface area (Å²) in [4.78, 5) is 2.03. The zero-order valence-corrected chi connectivity index (χ0v) is 11.8. The number of aliphatic hydroxyl groups is 1. The van der Waals surface area contributed by atoms with Gasteiger partial charge in [0.05, 0.1) is 6.61 Å². The van der Waals surface area contributed by atoms with E-state index in [1.165, 1.54) is 5.56 Å². The van der Waals surface area contributed by atoms with Crippen molar-refractivity contribution in [3.8, 4) is 5.75 Å². The molecule has 1 N–H and O–H groups in total. The number of ether oxygens (including phenoxy) is 1. The van der Waals surface area contributed by atoms with E-state index in [0.29, 0.717) is 6.61 Å². The van der Waals surface area contributed by atoms with Crippen LogP contribution in [0.5, 0.6) is 5.75 Å². The lowest BCUT2D eigenvalue weighted by atomic mass is 9.98. The molecular weight excluding hydrogens is 250 g/mol. The second-order valence-electron chi connectivity index (χ2n) is 5.33. The molecule has 2 aromatic rings. The maximum atomic E-state index is 10.7. The fourth-order valence-electron chi connectivity index (χ4n) is 2.61. The zero-order valence-electron chi connectivity index (χ0n) is 11.8. The van der Waals surface area contributed by atoms with Crippen LogP contribution in [0.2, 0.25) is 0 Å². The van der Waals surface area contributed by atoms with Gasteiger partial charge in [0.2, 0.25) is 0 Å². The van der Waals surface area contributed by atoms with Crippen molar-refractivity contribution in [3.05, 3.63) is 59.2 Å². The summed E-state index contributed by atoms with van der Waals surface area (Å²) in [6, 6.07) is 14.0. The van der Waals surface area contributed by atoms with Crippen molar-refractivity contribution in [1.29, 1.82) is 0 Å². The molecule has 20 heavy (non-hydrogen) atoms. The number of benzene rings is 2. The number of fused-ring (bicyclic) bond motifs is 1. The van der Waals surface area contributed by atoms with Crippen LogP contribution < -0.4 is 9.64 Å². The summed E-state index contributed by atoms with van der Waals surface area (Å²) in [5, 5.41) is 10.7. The summed E-state index contributed by atoms with van der Waals surface area (Å²) in [7, 11) is 3.99. The Morgan fingerprint density at radius 3 is 2.75 bits per heavy atom. The minimum Gasteiger partial charge on any atom is -0.493 e. The maximum absolute atomic E-state index is 10.7. The normalized spacial score (nSPS) is 14.6. The van der Waals surface area contributed by atoms with Crippen LogP contribution in [0, 0.1) is 0 Å². The van der Waals surface area contributed by atoms with Gasteiger partial charge in [-0.25, -0.2) is 0 Å². The van der Waals surface area contributed by atoms with E-state index in [9.17, 15) is 5.11 Å². The van der Waals surface area contributed by atoms with Crippen LogP contribution in [-0.2, 0) is 6.42 Å². The van der Waals surface area contributed by atoms with E-state index in [1.54, 1.807) is 0 Å². The van der Waals surface area contributed by atoms with Gasteiger partial charge in [-0.15, -0.1) is 0 Å². The highest BCUT2D eigenvalue weighted by atomic mass is 16.5. The van der Waals surface area contributed by atoms with Crippen molar-refractivity contribution >= 4 is 5.69 Å². The van der Waals surface area contributed by atoms with E-state index in [4.69, 9.17) is 4.74 Å². The Morgan fingerprint density at radius 2 is 1.95 bits per heavy atom. The zero-order chi connectivity index (χ0) is 14.1. The molecule has 1 unspecified atom stereocenters. The van der Waals surface area contributed by atoms with Gasteiger partial charge in [-0.1, -0.05) is 30.3 Å². The Hall–Kier alpha value is -2.00. The fourth-order valence-corrected chi connectivity index (χ4v) is 2.61. The topological polar surface area (TPSA) is 32.7 Å². The number of anilines is 1. The lowest BCUT2D eigenvalue weighted by Crippen LogP contribution is -2.10. The molecule has 0 spiro atoms. The monoisotopic (exact) mass is 269 g/mol. The summed E-state index contributed by atoms with van der Waals surface area (Å²) in [5.74, 6) is 0.857. The molecule has 1 aliphatic heterocycles. The predicted molar refractivity (Wildman–Crippen MR) is 80.5 cm³/mol. The maximum Gasteiger partial charge on any atom is 0.128 e. The number of para-hydroxylation sites is 1. The molecule has 0 fully saturated rings. The third kappa shape index (κ3) is 2.25. The van der Waals surface area contributed by atoms with Crippen molar-refractivity contribution in [3.63, 3.8) is 0 Å². The number of rotatable bonds is 3. The van der Waals surface area contributed by atoms with Gasteiger partial charge in [0.1, 0.15) is 11.9 Å². The molecule has 1 heterocycles.